The number of H-pyrrole nitrogens is 1. The van der Waals surface area contributed by atoms with E-state index in [1.54, 1.807) is 0 Å². The molecular formula is C18H18N8. The number of rotatable bonds is 6. The van der Waals surface area contributed by atoms with Crippen LogP contribution in [0.3, 0.4) is 0 Å². The standard InChI is InChI=1S/C18H18N8/c19-14-8-6-13(7-9-14)11-21-18-22-16(15-17(23-18)25-26-24-15)20-10-12-4-2-1-3-5-12/h1-9H,10-11,19H2,(H3,20,21,22,23,24,25,26). The molecule has 8 heteroatoms. The van der Waals surface area contributed by atoms with Gasteiger partial charge in [-0.1, -0.05) is 42.5 Å². The van der Waals surface area contributed by atoms with Crippen molar-refractivity contribution in [2.45, 2.75) is 13.1 Å². The Hall–Kier alpha value is -3.68. The molecule has 8 nitrogen and oxygen atoms in total. The molecule has 0 aliphatic carbocycles. The summed E-state index contributed by atoms with van der Waals surface area (Å²) in [7, 11) is 0. The minimum atomic E-state index is 0.485. The summed E-state index contributed by atoms with van der Waals surface area (Å²) in [6.07, 6.45) is 0. The highest BCUT2D eigenvalue weighted by molar-refractivity contribution is 5.82. The van der Waals surface area contributed by atoms with Gasteiger partial charge in [-0.15, -0.1) is 5.10 Å². The third-order valence-electron chi connectivity index (χ3n) is 3.92. The van der Waals surface area contributed by atoms with Gasteiger partial charge in [0.2, 0.25) is 11.6 Å². The molecule has 0 amide bonds. The highest BCUT2D eigenvalue weighted by Crippen LogP contribution is 2.19. The van der Waals surface area contributed by atoms with Crippen LogP contribution in [0, 0.1) is 0 Å². The monoisotopic (exact) mass is 346 g/mol. The number of nitrogens with zero attached hydrogens (tertiary/aromatic N) is 4. The number of hydrogen-bond acceptors (Lipinski definition) is 7. The first-order valence-corrected chi connectivity index (χ1v) is 8.22. The van der Waals surface area contributed by atoms with Crippen LogP contribution in [-0.2, 0) is 13.1 Å². The minimum absolute atomic E-state index is 0.485. The van der Waals surface area contributed by atoms with Crippen molar-refractivity contribution >= 4 is 28.6 Å². The summed E-state index contributed by atoms with van der Waals surface area (Å²) in [4.78, 5) is 8.93. The van der Waals surface area contributed by atoms with Gasteiger partial charge in [0.05, 0.1) is 0 Å². The van der Waals surface area contributed by atoms with Gasteiger partial charge in [-0.3, -0.25) is 0 Å². The summed E-state index contributed by atoms with van der Waals surface area (Å²) < 4.78 is 0. The zero-order chi connectivity index (χ0) is 17.8. The van der Waals surface area contributed by atoms with Crippen LogP contribution >= 0.6 is 0 Å². The fourth-order valence-corrected chi connectivity index (χ4v) is 2.55. The fraction of sp³-hybridized carbons (Fsp3) is 0.111. The van der Waals surface area contributed by atoms with Crippen molar-refractivity contribution in [2.24, 2.45) is 0 Å². The molecule has 5 N–H and O–H groups in total. The Kier molecular flexibility index (Phi) is 4.29. The van der Waals surface area contributed by atoms with E-state index in [2.05, 4.69) is 48.1 Å². The molecule has 4 rings (SSSR count). The first-order valence-electron chi connectivity index (χ1n) is 8.22. The summed E-state index contributed by atoms with van der Waals surface area (Å²) in [5.41, 5.74) is 9.81. The van der Waals surface area contributed by atoms with E-state index in [9.17, 15) is 0 Å². The molecule has 0 spiro atoms. The van der Waals surface area contributed by atoms with E-state index in [1.165, 1.54) is 0 Å². The zero-order valence-electron chi connectivity index (χ0n) is 14.0. The van der Waals surface area contributed by atoms with Crippen molar-refractivity contribution in [3.8, 4) is 0 Å². The van der Waals surface area contributed by atoms with Crippen molar-refractivity contribution in [3.63, 3.8) is 0 Å². The van der Waals surface area contributed by atoms with Crippen LogP contribution in [0.2, 0.25) is 0 Å². The molecule has 0 bridgehead atoms. The summed E-state index contributed by atoms with van der Waals surface area (Å²) >= 11 is 0. The van der Waals surface area contributed by atoms with E-state index in [-0.39, 0.29) is 0 Å². The summed E-state index contributed by atoms with van der Waals surface area (Å²) in [6, 6.07) is 17.8. The predicted molar refractivity (Wildman–Crippen MR) is 101 cm³/mol. The Morgan fingerprint density at radius 3 is 2.35 bits per heavy atom. The normalized spacial score (nSPS) is 10.8. The zero-order valence-corrected chi connectivity index (χ0v) is 14.0. The van der Waals surface area contributed by atoms with Crippen molar-refractivity contribution < 1.29 is 0 Å². The Bertz CT molecular complexity index is 995. The van der Waals surface area contributed by atoms with Crippen LogP contribution in [0.1, 0.15) is 11.1 Å². The number of benzene rings is 2. The molecule has 130 valence electrons. The van der Waals surface area contributed by atoms with Gasteiger partial charge >= 0.3 is 0 Å². The Labute approximate surface area is 149 Å². The fourth-order valence-electron chi connectivity index (χ4n) is 2.55. The number of hydrogen-bond donors (Lipinski definition) is 4. The minimum Gasteiger partial charge on any atom is -0.399 e. The molecular weight excluding hydrogens is 328 g/mol. The highest BCUT2D eigenvalue weighted by atomic mass is 15.4. The lowest BCUT2D eigenvalue weighted by Crippen LogP contribution is -2.08. The molecule has 0 aliphatic heterocycles. The second-order valence-corrected chi connectivity index (χ2v) is 5.83. The molecule has 0 saturated heterocycles. The quantitative estimate of drug-likeness (QED) is 0.396. The second-order valence-electron chi connectivity index (χ2n) is 5.83. The number of nitrogen functional groups attached to an aromatic ring is 1. The van der Waals surface area contributed by atoms with Crippen LogP contribution in [0.25, 0.3) is 11.2 Å². The average molecular weight is 346 g/mol. The van der Waals surface area contributed by atoms with E-state index in [0.29, 0.717) is 36.0 Å². The van der Waals surface area contributed by atoms with Gasteiger partial charge in [0.25, 0.3) is 0 Å². The van der Waals surface area contributed by atoms with Crippen LogP contribution in [0.4, 0.5) is 17.5 Å². The number of fused-ring (bicyclic) bond motifs is 1. The van der Waals surface area contributed by atoms with E-state index in [1.807, 2.05) is 42.5 Å². The van der Waals surface area contributed by atoms with Crippen LogP contribution in [0.15, 0.2) is 54.6 Å². The van der Waals surface area contributed by atoms with Gasteiger partial charge in [0.1, 0.15) is 0 Å². The lowest BCUT2D eigenvalue weighted by molar-refractivity contribution is 0.954. The van der Waals surface area contributed by atoms with E-state index >= 15 is 0 Å². The van der Waals surface area contributed by atoms with Crippen molar-refractivity contribution in [1.82, 2.24) is 25.4 Å². The average Bonchev–Trinajstić information content (AvgIpc) is 3.15. The highest BCUT2D eigenvalue weighted by Gasteiger charge is 2.11. The second kappa shape index (κ2) is 7.06. The maximum atomic E-state index is 5.71. The SMILES string of the molecule is Nc1ccc(CNc2nc(NCc3ccccc3)c3n[nH]nc3n2)cc1. The molecule has 0 saturated carbocycles. The molecule has 0 fully saturated rings. The molecule has 2 aromatic carbocycles. The summed E-state index contributed by atoms with van der Waals surface area (Å²) in [5.74, 6) is 1.12. The van der Waals surface area contributed by atoms with Crippen molar-refractivity contribution in [3.05, 3.63) is 65.7 Å². The van der Waals surface area contributed by atoms with Crippen molar-refractivity contribution in [1.29, 1.82) is 0 Å². The van der Waals surface area contributed by atoms with Gasteiger partial charge in [-0.2, -0.15) is 20.3 Å². The Morgan fingerprint density at radius 1 is 0.808 bits per heavy atom. The van der Waals surface area contributed by atoms with Gasteiger partial charge in [-0.05, 0) is 23.3 Å². The number of aromatic amines is 1. The van der Waals surface area contributed by atoms with Gasteiger partial charge in [0, 0.05) is 18.8 Å². The number of aromatic nitrogens is 5. The molecule has 0 aliphatic rings. The maximum absolute atomic E-state index is 5.71. The Balaban J connectivity index is 1.53. The van der Waals surface area contributed by atoms with E-state index in [4.69, 9.17) is 5.73 Å². The first-order chi connectivity index (χ1) is 12.8. The third kappa shape index (κ3) is 3.54. The topological polar surface area (TPSA) is 117 Å². The van der Waals surface area contributed by atoms with Crippen LogP contribution in [-0.4, -0.2) is 25.4 Å². The number of nitrogens with one attached hydrogen (secondary N) is 3. The summed E-state index contributed by atoms with van der Waals surface area (Å²) in [6.45, 7) is 1.22. The molecule has 0 atom stereocenters. The number of anilines is 3. The maximum Gasteiger partial charge on any atom is 0.227 e. The molecule has 0 radical (unpaired) electrons. The lowest BCUT2D eigenvalue weighted by atomic mass is 10.2. The van der Waals surface area contributed by atoms with E-state index in [0.717, 1.165) is 16.8 Å². The lowest BCUT2D eigenvalue weighted by Gasteiger charge is -2.09. The van der Waals surface area contributed by atoms with Gasteiger partial charge in [0.15, 0.2) is 11.3 Å². The number of nitrogens with two attached hydrogens (primary N) is 1. The molecule has 26 heavy (non-hydrogen) atoms. The third-order valence-corrected chi connectivity index (χ3v) is 3.92. The van der Waals surface area contributed by atoms with Crippen LogP contribution < -0.4 is 16.4 Å². The van der Waals surface area contributed by atoms with Crippen LogP contribution in [0.5, 0.6) is 0 Å². The predicted octanol–water partition coefficient (Wildman–Crippen LogP) is 2.55. The Morgan fingerprint density at radius 2 is 1.54 bits per heavy atom. The molecule has 4 aromatic rings. The van der Waals surface area contributed by atoms with Crippen molar-refractivity contribution in [2.75, 3.05) is 16.4 Å². The summed E-state index contributed by atoms with van der Waals surface area (Å²) in [5, 5.41) is 17.3. The van der Waals surface area contributed by atoms with Gasteiger partial charge in [-0.25, -0.2) is 0 Å². The smallest absolute Gasteiger partial charge is 0.227 e. The van der Waals surface area contributed by atoms with Gasteiger partial charge < -0.3 is 16.4 Å². The largest absolute Gasteiger partial charge is 0.399 e. The molecule has 2 heterocycles. The first kappa shape index (κ1) is 15.8. The molecule has 0 unspecified atom stereocenters. The van der Waals surface area contributed by atoms with E-state index < -0.39 is 0 Å². The molecule has 2 aromatic heterocycles.